The number of nitrogens with zero attached hydrogens (tertiary/aromatic N) is 2. The normalized spacial score (nSPS) is 18.6. The quantitative estimate of drug-likeness (QED) is 0.829. The Balaban J connectivity index is 1.62. The zero-order chi connectivity index (χ0) is 14.8. The summed E-state index contributed by atoms with van der Waals surface area (Å²) in [6, 6.07) is 5.86. The van der Waals surface area contributed by atoms with Gasteiger partial charge in [-0.1, -0.05) is 12.1 Å². The second kappa shape index (κ2) is 5.95. The highest BCUT2D eigenvalue weighted by molar-refractivity contribution is 5.94. The molecule has 5 heteroatoms. The number of carbonyl (C=O) groups excluding carboxylic acids is 2. The van der Waals surface area contributed by atoms with Crippen LogP contribution in [0.15, 0.2) is 18.2 Å². The Morgan fingerprint density at radius 1 is 1.14 bits per heavy atom. The summed E-state index contributed by atoms with van der Waals surface area (Å²) >= 11 is 0. The molecule has 0 aliphatic carbocycles. The fourth-order valence-corrected chi connectivity index (χ4v) is 3.00. The van der Waals surface area contributed by atoms with Gasteiger partial charge in [-0.15, -0.1) is 0 Å². The summed E-state index contributed by atoms with van der Waals surface area (Å²) < 4.78 is 0. The van der Waals surface area contributed by atoms with Crippen molar-refractivity contribution in [2.45, 2.75) is 20.0 Å². The number of hydrogen-bond donors (Lipinski definition) is 1. The van der Waals surface area contributed by atoms with Crippen LogP contribution in [-0.4, -0.2) is 54.2 Å². The van der Waals surface area contributed by atoms with Crippen molar-refractivity contribution in [1.82, 2.24) is 15.1 Å². The molecule has 1 saturated heterocycles. The van der Waals surface area contributed by atoms with Crippen molar-refractivity contribution in [2.75, 3.05) is 32.7 Å². The van der Waals surface area contributed by atoms with Crippen molar-refractivity contribution >= 4 is 11.7 Å². The van der Waals surface area contributed by atoms with Gasteiger partial charge in [0.05, 0.1) is 6.54 Å². The third-order valence-corrected chi connectivity index (χ3v) is 4.23. The van der Waals surface area contributed by atoms with E-state index in [0.29, 0.717) is 6.54 Å². The minimum Gasteiger partial charge on any atom is -0.339 e. The van der Waals surface area contributed by atoms with Crippen molar-refractivity contribution in [3.05, 3.63) is 34.9 Å². The van der Waals surface area contributed by atoms with E-state index in [4.69, 9.17) is 0 Å². The molecular weight excluding hydrogens is 266 g/mol. The molecule has 3 rings (SSSR count). The molecule has 1 aromatic rings. The summed E-state index contributed by atoms with van der Waals surface area (Å²) in [6.07, 6.45) is 0. The lowest BCUT2D eigenvalue weighted by molar-refractivity contribution is -0.133. The number of amides is 1. The van der Waals surface area contributed by atoms with Gasteiger partial charge in [0.15, 0.2) is 5.78 Å². The maximum absolute atomic E-state index is 12.3. The summed E-state index contributed by atoms with van der Waals surface area (Å²) in [5.41, 5.74) is 3.16. The Bertz CT molecular complexity index is 565. The first-order chi connectivity index (χ1) is 10.1. The highest BCUT2D eigenvalue weighted by Gasteiger charge is 2.24. The highest BCUT2D eigenvalue weighted by Crippen LogP contribution is 2.24. The SMILES string of the molecule is CC(=O)c1ccc2c(c1)CN(CC(=O)N1CCNCC1)C2. The van der Waals surface area contributed by atoms with Gasteiger partial charge in [-0.3, -0.25) is 14.5 Å². The Kier molecular flexibility index (Phi) is 4.03. The molecule has 0 atom stereocenters. The van der Waals surface area contributed by atoms with Gasteiger partial charge in [-0.2, -0.15) is 0 Å². The molecule has 0 unspecified atom stereocenters. The maximum Gasteiger partial charge on any atom is 0.236 e. The fourth-order valence-electron chi connectivity index (χ4n) is 3.00. The molecule has 112 valence electrons. The van der Waals surface area contributed by atoms with Gasteiger partial charge in [-0.05, 0) is 24.1 Å². The Morgan fingerprint density at radius 3 is 2.57 bits per heavy atom. The molecule has 1 amide bonds. The van der Waals surface area contributed by atoms with Crippen molar-refractivity contribution < 1.29 is 9.59 Å². The molecule has 21 heavy (non-hydrogen) atoms. The maximum atomic E-state index is 12.3. The van der Waals surface area contributed by atoms with Crippen LogP contribution in [0.4, 0.5) is 0 Å². The van der Waals surface area contributed by atoms with Crippen LogP contribution >= 0.6 is 0 Å². The zero-order valence-corrected chi connectivity index (χ0v) is 12.4. The van der Waals surface area contributed by atoms with Crippen molar-refractivity contribution in [3.63, 3.8) is 0 Å². The number of nitrogens with one attached hydrogen (secondary N) is 1. The first kappa shape index (κ1) is 14.2. The Morgan fingerprint density at radius 2 is 1.86 bits per heavy atom. The number of rotatable bonds is 3. The number of hydrogen-bond acceptors (Lipinski definition) is 4. The van der Waals surface area contributed by atoms with Crippen LogP contribution in [0.3, 0.4) is 0 Å². The largest absolute Gasteiger partial charge is 0.339 e. The average Bonchev–Trinajstić information content (AvgIpc) is 2.89. The molecule has 2 aliphatic rings. The van der Waals surface area contributed by atoms with Gasteiger partial charge in [0.1, 0.15) is 0 Å². The van der Waals surface area contributed by atoms with Crippen LogP contribution < -0.4 is 5.32 Å². The second-order valence-corrected chi connectivity index (χ2v) is 5.82. The molecule has 0 aromatic heterocycles. The van der Waals surface area contributed by atoms with Crippen LogP contribution in [0.25, 0.3) is 0 Å². The van der Waals surface area contributed by atoms with Gasteiger partial charge in [0.25, 0.3) is 0 Å². The van der Waals surface area contributed by atoms with E-state index in [1.165, 1.54) is 11.1 Å². The van der Waals surface area contributed by atoms with Crippen molar-refractivity contribution in [1.29, 1.82) is 0 Å². The minimum atomic E-state index is 0.0909. The molecule has 1 fully saturated rings. The van der Waals surface area contributed by atoms with Crippen molar-refractivity contribution in [2.24, 2.45) is 0 Å². The molecule has 0 bridgehead atoms. The third-order valence-electron chi connectivity index (χ3n) is 4.23. The fraction of sp³-hybridized carbons (Fsp3) is 0.500. The van der Waals surface area contributed by atoms with Gasteiger partial charge < -0.3 is 10.2 Å². The summed E-state index contributed by atoms with van der Waals surface area (Å²) in [4.78, 5) is 27.8. The van der Waals surface area contributed by atoms with Crippen LogP contribution in [0, 0.1) is 0 Å². The summed E-state index contributed by atoms with van der Waals surface area (Å²) in [5.74, 6) is 0.296. The van der Waals surface area contributed by atoms with Crippen LogP contribution in [0.1, 0.15) is 28.4 Å². The van der Waals surface area contributed by atoms with Gasteiger partial charge in [-0.25, -0.2) is 0 Å². The molecule has 0 radical (unpaired) electrons. The zero-order valence-electron chi connectivity index (χ0n) is 12.4. The molecule has 2 heterocycles. The highest BCUT2D eigenvalue weighted by atomic mass is 16.2. The monoisotopic (exact) mass is 287 g/mol. The number of benzene rings is 1. The van der Waals surface area contributed by atoms with Gasteiger partial charge >= 0.3 is 0 Å². The first-order valence-electron chi connectivity index (χ1n) is 7.47. The lowest BCUT2D eigenvalue weighted by Crippen LogP contribution is -2.49. The molecule has 1 aromatic carbocycles. The molecule has 5 nitrogen and oxygen atoms in total. The summed E-state index contributed by atoms with van der Waals surface area (Å²) in [7, 11) is 0. The predicted molar refractivity (Wildman–Crippen MR) is 80.0 cm³/mol. The number of piperazine rings is 1. The second-order valence-electron chi connectivity index (χ2n) is 5.82. The number of ketones is 1. The van der Waals surface area contributed by atoms with E-state index >= 15 is 0 Å². The van der Waals surface area contributed by atoms with E-state index in [9.17, 15) is 9.59 Å². The van der Waals surface area contributed by atoms with Crippen LogP contribution in [0.5, 0.6) is 0 Å². The Hall–Kier alpha value is -1.72. The van der Waals surface area contributed by atoms with Crippen LogP contribution in [0.2, 0.25) is 0 Å². The predicted octanol–water partition coefficient (Wildman–Crippen LogP) is 0.637. The topological polar surface area (TPSA) is 52.7 Å². The molecule has 2 aliphatic heterocycles. The van der Waals surface area contributed by atoms with E-state index in [1.54, 1.807) is 6.92 Å². The molecular formula is C16H21N3O2. The van der Waals surface area contributed by atoms with Crippen LogP contribution in [-0.2, 0) is 17.9 Å². The summed E-state index contributed by atoms with van der Waals surface area (Å²) in [6.45, 7) is 6.97. The summed E-state index contributed by atoms with van der Waals surface area (Å²) in [5, 5.41) is 3.25. The van der Waals surface area contributed by atoms with E-state index < -0.39 is 0 Å². The number of Topliss-reactive ketones (excluding diaryl/α,β-unsaturated/α-hetero) is 1. The first-order valence-corrected chi connectivity index (χ1v) is 7.47. The van der Waals surface area contributed by atoms with Gasteiger partial charge in [0.2, 0.25) is 5.91 Å². The van der Waals surface area contributed by atoms with E-state index in [0.717, 1.165) is 44.8 Å². The standard InChI is InChI=1S/C16H21N3O2/c1-12(20)13-2-3-14-9-18(10-15(14)8-13)11-16(21)19-6-4-17-5-7-19/h2-3,8,17H,4-7,9-11H2,1H3. The molecule has 0 saturated carbocycles. The third kappa shape index (κ3) is 3.14. The lowest BCUT2D eigenvalue weighted by atomic mass is 10.0. The smallest absolute Gasteiger partial charge is 0.236 e. The minimum absolute atomic E-state index is 0.0909. The van der Waals surface area contributed by atoms with E-state index in [-0.39, 0.29) is 11.7 Å². The Labute approximate surface area is 124 Å². The lowest BCUT2D eigenvalue weighted by Gasteiger charge is -2.29. The van der Waals surface area contributed by atoms with Crippen molar-refractivity contribution in [3.8, 4) is 0 Å². The van der Waals surface area contributed by atoms with Gasteiger partial charge in [0, 0.05) is 44.8 Å². The molecule has 0 spiro atoms. The number of fused-ring (bicyclic) bond motifs is 1. The molecule has 1 N–H and O–H groups in total. The van der Waals surface area contributed by atoms with E-state index in [2.05, 4.69) is 10.2 Å². The average molecular weight is 287 g/mol. The van der Waals surface area contributed by atoms with E-state index in [1.807, 2.05) is 23.1 Å². The number of carbonyl (C=O) groups is 2.